The van der Waals surface area contributed by atoms with Crippen LogP contribution < -0.4 is 5.73 Å². The van der Waals surface area contributed by atoms with Crippen molar-refractivity contribution < 1.29 is 0 Å². The third-order valence-electron chi connectivity index (χ3n) is 3.59. The first kappa shape index (κ1) is 9.85. The summed E-state index contributed by atoms with van der Waals surface area (Å²) in [5.41, 5.74) is 7.19. The van der Waals surface area contributed by atoms with Gasteiger partial charge in [-0.05, 0) is 31.7 Å². The zero-order chi connectivity index (χ0) is 11.0. The van der Waals surface area contributed by atoms with Gasteiger partial charge in [0.15, 0.2) is 0 Å². The van der Waals surface area contributed by atoms with Crippen molar-refractivity contribution in [3.63, 3.8) is 0 Å². The lowest BCUT2D eigenvalue weighted by molar-refractivity contribution is 0.311. The number of nitrogens with two attached hydrogens (primary N) is 1. The molecule has 1 aliphatic carbocycles. The lowest BCUT2D eigenvalue weighted by atomic mass is 9.92. The van der Waals surface area contributed by atoms with Gasteiger partial charge in [-0.1, -0.05) is 18.2 Å². The lowest BCUT2D eigenvalue weighted by Crippen LogP contribution is -2.28. The van der Waals surface area contributed by atoms with E-state index in [9.17, 15) is 0 Å². The molecule has 1 aromatic heterocycles. The van der Waals surface area contributed by atoms with E-state index in [4.69, 9.17) is 5.73 Å². The van der Waals surface area contributed by atoms with Crippen molar-refractivity contribution in [2.75, 3.05) is 0 Å². The van der Waals surface area contributed by atoms with Gasteiger partial charge in [-0.25, -0.2) is 0 Å². The summed E-state index contributed by atoms with van der Waals surface area (Å²) in [5, 5.41) is 5.75. The summed E-state index contributed by atoms with van der Waals surface area (Å²) >= 11 is 0. The lowest BCUT2D eigenvalue weighted by Gasteiger charge is -2.26. The molecule has 16 heavy (non-hydrogen) atoms. The molecule has 1 aliphatic rings. The minimum Gasteiger partial charge on any atom is -0.328 e. The van der Waals surface area contributed by atoms with Gasteiger partial charge in [0.25, 0.3) is 0 Å². The number of hydrogen-bond acceptors (Lipinski definition) is 2. The molecular formula is C13H17N3. The minimum absolute atomic E-state index is 0.401. The highest BCUT2D eigenvalue weighted by molar-refractivity contribution is 5.78. The fraction of sp³-hybridized carbons (Fsp3) is 0.462. The summed E-state index contributed by atoms with van der Waals surface area (Å²) in [6, 6.07) is 9.35. The van der Waals surface area contributed by atoms with Crippen LogP contribution in [0.1, 0.15) is 31.7 Å². The van der Waals surface area contributed by atoms with Gasteiger partial charge in [0.2, 0.25) is 0 Å². The van der Waals surface area contributed by atoms with Crippen molar-refractivity contribution >= 4 is 10.9 Å². The molecule has 0 unspecified atom stereocenters. The van der Waals surface area contributed by atoms with Crippen LogP contribution >= 0.6 is 0 Å². The Labute approximate surface area is 95.2 Å². The van der Waals surface area contributed by atoms with E-state index in [1.54, 1.807) is 0 Å². The van der Waals surface area contributed by atoms with E-state index in [-0.39, 0.29) is 0 Å². The average Bonchev–Trinajstić information content (AvgIpc) is 2.74. The molecule has 1 aromatic carbocycles. The Morgan fingerprint density at radius 3 is 2.69 bits per heavy atom. The highest BCUT2D eigenvalue weighted by Crippen LogP contribution is 2.29. The monoisotopic (exact) mass is 215 g/mol. The van der Waals surface area contributed by atoms with Gasteiger partial charge >= 0.3 is 0 Å². The smallest absolute Gasteiger partial charge is 0.0685 e. The van der Waals surface area contributed by atoms with Crippen molar-refractivity contribution in [2.45, 2.75) is 37.8 Å². The average molecular weight is 215 g/mol. The molecule has 1 fully saturated rings. The van der Waals surface area contributed by atoms with Gasteiger partial charge in [0.05, 0.1) is 17.8 Å². The topological polar surface area (TPSA) is 43.8 Å². The second-order valence-corrected chi connectivity index (χ2v) is 4.72. The van der Waals surface area contributed by atoms with Crippen molar-refractivity contribution in [3.05, 3.63) is 30.5 Å². The summed E-state index contributed by atoms with van der Waals surface area (Å²) in [5.74, 6) is 0. The second-order valence-electron chi connectivity index (χ2n) is 4.72. The van der Waals surface area contributed by atoms with E-state index in [2.05, 4.69) is 34.0 Å². The first-order valence-electron chi connectivity index (χ1n) is 6.02. The summed E-state index contributed by atoms with van der Waals surface area (Å²) in [7, 11) is 0. The largest absolute Gasteiger partial charge is 0.328 e. The predicted molar refractivity (Wildman–Crippen MR) is 65.2 cm³/mol. The molecule has 0 radical (unpaired) electrons. The number of para-hydroxylation sites is 1. The van der Waals surface area contributed by atoms with E-state index >= 15 is 0 Å². The molecule has 84 valence electrons. The zero-order valence-corrected chi connectivity index (χ0v) is 9.34. The molecule has 0 saturated heterocycles. The zero-order valence-electron chi connectivity index (χ0n) is 9.34. The quantitative estimate of drug-likeness (QED) is 0.794. The van der Waals surface area contributed by atoms with Crippen LogP contribution in [0.2, 0.25) is 0 Å². The maximum absolute atomic E-state index is 5.93. The Hall–Kier alpha value is -1.35. The predicted octanol–water partition coefficient (Wildman–Crippen LogP) is 2.48. The molecule has 0 amide bonds. The van der Waals surface area contributed by atoms with Crippen LogP contribution in [-0.2, 0) is 0 Å². The Morgan fingerprint density at radius 1 is 1.12 bits per heavy atom. The fourth-order valence-electron chi connectivity index (χ4n) is 2.63. The van der Waals surface area contributed by atoms with Gasteiger partial charge in [0.1, 0.15) is 0 Å². The Bertz CT molecular complexity index is 481. The highest BCUT2D eigenvalue weighted by Gasteiger charge is 2.21. The van der Waals surface area contributed by atoms with Crippen LogP contribution in [0.3, 0.4) is 0 Å². The van der Waals surface area contributed by atoms with Crippen LogP contribution in [0.25, 0.3) is 10.9 Å². The fourth-order valence-corrected chi connectivity index (χ4v) is 2.63. The number of aromatic nitrogens is 2. The maximum Gasteiger partial charge on any atom is 0.0685 e. The molecule has 3 heteroatoms. The molecule has 1 heterocycles. The molecule has 0 aliphatic heterocycles. The van der Waals surface area contributed by atoms with E-state index in [1.165, 1.54) is 10.9 Å². The number of hydrogen-bond donors (Lipinski definition) is 1. The van der Waals surface area contributed by atoms with Crippen LogP contribution in [0.5, 0.6) is 0 Å². The highest BCUT2D eigenvalue weighted by atomic mass is 15.3. The van der Waals surface area contributed by atoms with Crippen molar-refractivity contribution in [1.82, 2.24) is 9.78 Å². The summed E-state index contributed by atoms with van der Waals surface area (Å²) in [4.78, 5) is 0. The Morgan fingerprint density at radius 2 is 1.88 bits per heavy atom. The number of fused-ring (bicyclic) bond motifs is 1. The van der Waals surface area contributed by atoms with Crippen LogP contribution in [0, 0.1) is 0 Å². The standard InChI is InChI=1S/C13H17N3/c14-11-5-7-12(8-6-11)16-13-4-2-1-3-10(13)9-15-16/h1-4,9,11-12H,5-8,14H2. The molecular weight excluding hydrogens is 198 g/mol. The number of nitrogens with zero attached hydrogens (tertiary/aromatic N) is 2. The summed E-state index contributed by atoms with van der Waals surface area (Å²) in [6.45, 7) is 0. The third-order valence-corrected chi connectivity index (χ3v) is 3.59. The molecule has 0 atom stereocenters. The minimum atomic E-state index is 0.401. The van der Waals surface area contributed by atoms with E-state index in [1.807, 2.05) is 6.20 Å². The van der Waals surface area contributed by atoms with E-state index in [0.29, 0.717) is 12.1 Å². The Balaban J connectivity index is 1.94. The summed E-state index contributed by atoms with van der Waals surface area (Å²) < 4.78 is 2.18. The normalized spacial score (nSPS) is 26.1. The number of rotatable bonds is 1. The van der Waals surface area contributed by atoms with Crippen LogP contribution in [0.15, 0.2) is 30.5 Å². The summed E-state index contributed by atoms with van der Waals surface area (Å²) in [6.07, 6.45) is 6.53. The van der Waals surface area contributed by atoms with E-state index in [0.717, 1.165) is 25.7 Å². The maximum atomic E-state index is 5.93. The molecule has 2 aromatic rings. The molecule has 1 saturated carbocycles. The third kappa shape index (κ3) is 1.61. The van der Waals surface area contributed by atoms with Gasteiger partial charge in [-0.3, -0.25) is 4.68 Å². The molecule has 0 spiro atoms. The molecule has 2 N–H and O–H groups in total. The van der Waals surface area contributed by atoms with Gasteiger partial charge in [0, 0.05) is 11.4 Å². The molecule has 3 nitrogen and oxygen atoms in total. The van der Waals surface area contributed by atoms with Crippen molar-refractivity contribution in [3.8, 4) is 0 Å². The van der Waals surface area contributed by atoms with Gasteiger partial charge in [-0.15, -0.1) is 0 Å². The SMILES string of the molecule is NC1CCC(n2ncc3ccccc32)CC1. The van der Waals surface area contributed by atoms with Crippen LogP contribution in [0.4, 0.5) is 0 Å². The second kappa shape index (κ2) is 3.91. The first-order valence-corrected chi connectivity index (χ1v) is 6.02. The number of benzene rings is 1. The van der Waals surface area contributed by atoms with Crippen molar-refractivity contribution in [2.24, 2.45) is 5.73 Å². The molecule has 3 rings (SSSR count). The van der Waals surface area contributed by atoms with Crippen LogP contribution in [-0.4, -0.2) is 15.8 Å². The Kier molecular flexibility index (Phi) is 2.40. The van der Waals surface area contributed by atoms with Gasteiger partial charge < -0.3 is 5.73 Å². The van der Waals surface area contributed by atoms with E-state index < -0.39 is 0 Å². The van der Waals surface area contributed by atoms with Crippen molar-refractivity contribution in [1.29, 1.82) is 0 Å². The van der Waals surface area contributed by atoms with Gasteiger partial charge in [-0.2, -0.15) is 5.10 Å². The molecule has 0 bridgehead atoms. The first-order chi connectivity index (χ1) is 7.84.